The molecule has 1 aromatic rings. The van der Waals surface area contributed by atoms with Gasteiger partial charge in [0.1, 0.15) is 0 Å². The molecule has 140 valence electrons. The van der Waals surface area contributed by atoms with E-state index in [0.29, 0.717) is 18.4 Å². The normalized spacial score (nSPS) is 16.9. The van der Waals surface area contributed by atoms with Crippen LogP contribution < -0.4 is 14.8 Å². The molecule has 1 amide bonds. The van der Waals surface area contributed by atoms with Gasteiger partial charge >= 0.3 is 0 Å². The molecular weight excluding hydrogens is 316 g/mol. The average molecular weight is 348 g/mol. The minimum atomic E-state index is 0.258. The Bertz CT molecular complexity index is 554. The molecule has 1 heterocycles. The van der Waals surface area contributed by atoms with E-state index in [2.05, 4.69) is 19.2 Å². The quantitative estimate of drug-likeness (QED) is 0.745. The van der Waals surface area contributed by atoms with Gasteiger partial charge in [-0.3, -0.25) is 4.79 Å². The Balaban J connectivity index is 1.97. The Morgan fingerprint density at radius 1 is 1.28 bits per heavy atom. The third-order valence-corrected chi connectivity index (χ3v) is 4.64. The van der Waals surface area contributed by atoms with Gasteiger partial charge in [0, 0.05) is 25.6 Å². The number of ether oxygens (including phenoxy) is 2. The molecule has 0 saturated carbocycles. The van der Waals surface area contributed by atoms with Gasteiger partial charge in [-0.15, -0.1) is 0 Å². The van der Waals surface area contributed by atoms with Crippen LogP contribution in [0.2, 0.25) is 0 Å². The van der Waals surface area contributed by atoms with Gasteiger partial charge in [-0.25, -0.2) is 0 Å². The van der Waals surface area contributed by atoms with Crippen LogP contribution in [0.5, 0.6) is 11.5 Å². The Morgan fingerprint density at radius 3 is 2.64 bits per heavy atom. The fourth-order valence-corrected chi connectivity index (χ4v) is 3.33. The number of rotatable bonds is 9. The molecule has 1 N–H and O–H groups in total. The summed E-state index contributed by atoms with van der Waals surface area (Å²) < 4.78 is 10.7. The molecular formula is C20H32N2O3. The third-order valence-electron chi connectivity index (χ3n) is 4.64. The zero-order valence-electron chi connectivity index (χ0n) is 16.0. The standard InChI is InChI=1S/C20H32N2O3/c1-15(2)14-22(20(23)13-17-6-5-10-21-17)11-9-16-7-8-18(24-3)19(12-16)25-4/h7-8,12,15,17,21H,5-6,9-11,13-14H2,1-4H3. The highest BCUT2D eigenvalue weighted by Gasteiger charge is 2.22. The number of methoxy groups -OCH3 is 2. The van der Waals surface area contributed by atoms with Gasteiger partial charge in [-0.2, -0.15) is 0 Å². The van der Waals surface area contributed by atoms with E-state index in [1.54, 1.807) is 14.2 Å². The summed E-state index contributed by atoms with van der Waals surface area (Å²) in [7, 11) is 3.28. The summed E-state index contributed by atoms with van der Waals surface area (Å²) in [6.45, 7) is 6.89. The van der Waals surface area contributed by atoms with E-state index in [0.717, 1.165) is 49.5 Å². The number of hydrogen-bond acceptors (Lipinski definition) is 4. The Labute approximate surface area is 151 Å². The summed E-state index contributed by atoms with van der Waals surface area (Å²) in [4.78, 5) is 14.7. The van der Waals surface area contributed by atoms with Crippen LogP contribution in [0, 0.1) is 5.92 Å². The second-order valence-corrected chi connectivity index (χ2v) is 7.17. The summed E-state index contributed by atoms with van der Waals surface area (Å²) in [5.74, 6) is 2.19. The van der Waals surface area contributed by atoms with Gasteiger partial charge in [0.15, 0.2) is 11.5 Å². The number of nitrogens with one attached hydrogen (secondary N) is 1. The summed E-state index contributed by atoms with van der Waals surface area (Å²) in [5.41, 5.74) is 1.15. The maximum absolute atomic E-state index is 12.7. The second-order valence-electron chi connectivity index (χ2n) is 7.17. The summed E-state index contributed by atoms with van der Waals surface area (Å²) in [6, 6.07) is 6.31. The van der Waals surface area contributed by atoms with Crippen molar-refractivity contribution < 1.29 is 14.3 Å². The molecule has 0 aliphatic carbocycles. The Hall–Kier alpha value is -1.75. The zero-order chi connectivity index (χ0) is 18.2. The van der Waals surface area contributed by atoms with Gasteiger partial charge in [-0.1, -0.05) is 19.9 Å². The largest absolute Gasteiger partial charge is 0.493 e. The molecule has 25 heavy (non-hydrogen) atoms. The highest BCUT2D eigenvalue weighted by atomic mass is 16.5. The lowest BCUT2D eigenvalue weighted by atomic mass is 10.1. The number of carbonyl (C=O) groups is 1. The molecule has 5 heteroatoms. The fourth-order valence-electron chi connectivity index (χ4n) is 3.33. The molecule has 0 radical (unpaired) electrons. The lowest BCUT2D eigenvalue weighted by Gasteiger charge is -2.26. The first kappa shape index (κ1) is 19.6. The predicted molar refractivity (Wildman–Crippen MR) is 100 cm³/mol. The van der Waals surface area contributed by atoms with E-state index >= 15 is 0 Å². The molecule has 1 aliphatic heterocycles. The molecule has 1 aliphatic rings. The molecule has 2 rings (SSSR count). The first-order valence-corrected chi connectivity index (χ1v) is 9.25. The van der Waals surface area contributed by atoms with Crippen molar-refractivity contribution in [1.82, 2.24) is 10.2 Å². The molecule has 0 aromatic heterocycles. The summed E-state index contributed by atoms with van der Waals surface area (Å²) in [5, 5.41) is 3.42. The lowest BCUT2D eigenvalue weighted by molar-refractivity contribution is -0.132. The highest BCUT2D eigenvalue weighted by molar-refractivity contribution is 5.77. The van der Waals surface area contributed by atoms with E-state index in [9.17, 15) is 4.79 Å². The van der Waals surface area contributed by atoms with E-state index < -0.39 is 0 Å². The second kappa shape index (κ2) is 9.66. The minimum absolute atomic E-state index is 0.258. The van der Waals surface area contributed by atoms with Crippen LogP contribution >= 0.6 is 0 Å². The molecule has 1 atom stereocenters. The van der Waals surface area contributed by atoms with E-state index in [-0.39, 0.29) is 5.91 Å². The fraction of sp³-hybridized carbons (Fsp3) is 0.650. The van der Waals surface area contributed by atoms with Crippen molar-refractivity contribution in [3.63, 3.8) is 0 Å². The highest BCUT2D eigenvalue weighted by Crippen LogP contribution is 2.27. The lowest BCUT2D eigenvalue weighted by Crippen LogP contribution is -2.39. The first-order chi connectivity index (χ1) is 12.0. The van der Waals surface area contributed by atoms with Crippen LogP contribution in [0.25, 0.3) is 0 Å². The van der Waals surface area contributed by atoms with Crippen molar-refractivity contribution in [3.05, 3.63) is 23.8 Å². The minimum Gasteiger partial charge on any atom is -0.493 e. The number of nitrogens with zero attached hydrogens (tertiary/aromatic N) is 1. The monoisotopic (exact) mass is 348 g/mol. The molecule has 0 bridgehead atoms. The smallest absolute Gasteiger partial charge is 0.224 e. The van der Waals surface area contributed by atoms with Gasteiger partial charge in [0.25, 0.3) is 0 Å². The van der Waals surface area contributed by atoms with Gasteiger partial charge < -0.3 is 19.7 Å². The average Bonchev–Trinajstić information content (AvgIpc) is 3.10. The maximum Gasteiger partial charge on any atom is 0.224 e. The van der Waals surface area contributed by atoms with Crippen molar-refractivity contribution in [3.8, 4) is 11.5 Å². The van der Waals surface area contributed by atoms with Crippen molar-refractivity contribution >= 4 is 5.91 Å². The number of amides is 1. The molecule has 1 fully saturated rings. The number of benzene rings is 1. The van der Waals surface area contributed by atoms with Crippen molar-refractivity contribution in [2.45, 2.75) is 45.6 Å². The van der Waals surface area contributed by atoms with Gasteiger partial charge in [-0.05, 0) is 49.4 Å². The molecule has 1 unspecified atom stereocenters. The van der Waals surface area contributed by atoms with Crippen molar-refractivity contribution in [2.75, 3.05) is 33.9 Å². The van der Waals surface area contributed by atoms with Crippen LogP contribution in [0.4, 0.5) is 0 Å². The van der Waals surface area contributed by atoms with Crippen molar-refractivity contribution in [1.29, 1.82) is 0 Å². The molecule has 0 spiro atoms. The molecule has 1 aromatic carbocycles. The van der Waals surface area contributed by atoms with Crippen molar-refractivity contribution in [2.24, 2.45) is 5.92 Å². The van der Waals surface area contributed by atoms with E-state index in [4.69, 9.17) is 9.47 Å². The van der Waals surface area contributed by atoms with Crippen LogP contribution in [0.15, 0.2) is 18.2 Å². The Kier molecular flexibility index (Phi) is 7.56. The topological polar surface area (TPSA) is 50.8 Å². The summed E-state index contributed by atoms with van der Waals surface area (Å²) in [6.07, 6.45) is 3.71. The molecule has 5 nitrogen and oxygen atoms in total. The zero-order valence-corrected chi connectivity index (χ0v) is 16.0. The van der Waals surface area contributed by atoms with E-state index in [1.165, 1.54) is 6.42 Å². The van der Waals surface area contributed by atoms with Gasteiger partial charge in [0.2, 0.25) is 5.91 Å². The first-order valence-electron chi connectivity index (χ1n) is 9.25. The number of carbonyl (C=O) groups excluding carboxylic acids is 1. The maximum atomic E-state index is 12.7. The van der Waals surface area contributed by atoms with Crippen LogP contribution in [0.3, 0.4) is 0 Å². The van der Waals surface area contributed by atoms with Crippen LogP contribution in [-0.4, -0.2) is 50.7 Å². The van der Waals surface area contributed by atoms with Crippen LogP contribution in [-0.2, 0) is 11.2 Å². The predicted octanol–water partition coefficient (Wildman–Crippen LogP) is 2.87. The third kappa shape index (κ3) is 5.92. The van der Waals surface area contributed by atoms with Crippen LogP contribution in [0.1, 0.15) is 38.7 Å². The molecule has 1 saturated heterocycles. The van der Waals surface area contributed by atoms with E-state index in [1.807, 2.05) is 23.1 Å². The SMILES string of the molecule is COc1ccc(CCN(CC(C)C)C(=O)CC2CCCN2)cc1OC. The number of hydrogen-bond donors (Lipinski definition) is 1. The summed E-state index contributed by atoms with van der Waals surface area (Å²) >= 11 is 0. The van der Waals surface area contributed by atoms with Gasteiger partial charge in [0.05, 0.1) is 14.2 Å². The Morgan fingerprint density at radius 2 is 2.04 bits per heavy atom.